The van der Waals surface area contributed by atoms with Gasteiger partial charge < -0.3 is 23.0 Å². The average molecular weight is 470 g/mol. The minimum Gasteiger partial charge on any atom is -0.496 e. The monoisotopic (exact) mass is 470 g/mol. The molecule has 0 radical (unpaired) electrons. The number of carbonyl (C=O) groups is 1. The Labute approximate surface area is 197 Å². The van der Waals surface area contributed by atoms with Crippen molar-refractivity contribution in [3.8, 4) is 28.4 Å². The lowest BCUT2D eigenvalue weighted by Crippen LogP contribution is -2.10. The lowest BCUT2D eigenvalue weighted by atomic mass is 10.0. The van der Waals surface area contributed by atoms with Crippen molar-refractivity contribution in [2.75, 3.05) is 14.2 Å². The summed E-state index contributed by atoms with van der Waals surface area (Å²) in [6, 6.07) is 19.3. The van der Waals surface area contributed by atoms with E-state index in [4.69, 9.17) is 23.0 Å². The Kier molecular flexibility index (Phi) is 5.54. The molecule has 0 aliphatic heterocycles. The minimum atomic E-state index is -0.675. The van der Waals surface area contributed by atoms with Crippen molar-refractivity contribution in [1.29, 1.82) is 0 Å². The number of hydrogen-bond acceptors (Lipinski definition) is 8. The highest BCUT2D eigenvalue weighted by atomic mass is 16.5. The van der Waals surface area contributed by atoms with E-state index in [1.54, 1.807) is 60.7 Å². The molecule has 0 aliphatic carbocycles. The zero-order valence-corrected chi connectivity index (χ0v) is 18.7. The maximum atomic E-state index is 12.9. The van der Waals surface area contributed by atoms with Crippen LogP contribution in [-0.2, 0) is 0 Å². The minimum absolute atomic E-state index is 0.142. The van der Waals surface area contributed by atoms with Crippen molar-refractivity contribution >= 4 is 27.9 Å². The maximum absolute atomic E-state index is 12.9. The zero-order valence-electron chi connectivity index (χ0n) is 18.7. The van der Waals surface area contributed by atoms with Gasteiger partial charge in [-0.25, -0.2) is 14.4 Å². The molecule has 8 heteroatoms. The summed E-state index contributed by atoms with van der Waals surface area (Å²) in [6.45, 7) is 0. The second-order valence-corrected chi connectivity index (χ2v) is 7.55. The Balaban J connectivity index is 1.59. The van der Waals surface area contributed by atoms with E-state index in [0.717, 1.165) is 0 Å². The maximum Gasteiger partial charge on any atom is 0.347 e. The zero-order chi connectivity index (χ0) is 24.5. The number of para-hydroxylation sites is 2. The summed E-state index contributed by atoms with van der Waals surface area (Å²) >= 11 is 0. The van der Waals surface area contributed by atoms with Gasteiger partial charge in [-0.15, -0.1) is 0 Å². The third-order valence-corrected chi connectivity index (χ3v) is 5.49. The number of methoxy groups -OCH3 is 2. The van der Waals surface area contributed by atoms with Crippen molar-refractivity contribution in [2.45, 2.75) is 0 Å². The van der Waals surface area contributed by atoms with Crippen LogP contribution in [0, 0.1) is 0 Å². The molecule has 0 unspecified atom stereocenters. The smallest absolute Gasteiger partial charge is 0.347 e. The van der Waals surface area contributed by atoms with Gasteiger partial charge in [-0.2, -0.15) is 0 Å². The Morgan fingerprint density at radius 3 is 2.34 bits per heavy atom. The van der Waals surface area contributed by atoms with E-state index in [9.17, 15) is 14.4 Å². The molecular weight excluding hydrogens is 452 g/mol. The van der Waals surface area contributed by atoms with Gasteiger partial charge in [0.2, 0.25) is 0 Å². The summed E-state index contributed by atoms with van der Waals surface area (Å²) in [5.41, 5.74) is -0.106. The SMILES string of the molecule is COc1ccccc1C(=O)Oc1ccc2c(-c3cc4cccc(OC)c4oc3=O)cc(=O)oc2c1. The van der Waals surface area contributed by atoms with E-state index in [1.807, 2.05) is 0 Å². The first kappa shape index (κ1) is 22.0. The number of ether oxygens (including phenoxy) is 3. The number of carbonyl (C=O) groups excluding carboxylic acids is 1. The molecule has 0 saturated heterocycles. The summed E-state index contributed by atoms with van der Waals surface area (Å²) in [5.74, 6) is 0.310. The predicted octanol–water partition coefficient (Wildman–Crippen LogP) is 4.80. The van der Waals surface area contributed by atoms with Crippen LogP contribution in [0.2, 0.25) is 0 Å². The van der Waals surface area contributed by atoms with Crippen molar-refractivity contribution in [2.24, 2.45) is 0 Å². The molecule has 35 heavy (non-hydrogen) atoms. The highest BCUT2D eigenvalue weighted by Gasteiger charge is 2.18. The fraction of sp³-hybridized carbons (Fsp3) is 0.0741. The van der Waals surface area contributed by atoms with Crippen LogP contribution in [0.1, 0.15) is 10.4 Å². The summed E-state index contributed by atoms with van der Waals surface area (Å²) in [5, 5.41) is 1.10. The molecule has 0 fully saturated rings. The van der Waals surface area contributed by atoms with Crippen LogP contribution in [0.5, 0.6) is 17.2 Å². The van der Waals surface area contributed by atoms with E-state index >= 15 is 0 Å². The number of esters is 1. The topological polar surface area (TPSA) is 105 Å². The lowest BCUT2D eigenvalue weighted by molar-refractivity contribution is 0.0731. The van der Waals surface area contributed by atoms with Gasteiger partial charge in [0, 0.05) is 28.5 Å². The van der Waals surface area contributed by atoms with Crippen LogP contribution in [-0.4, -0.2) is 20.2 Å². The van der Waals surface area contributed by atoms with Crippen molar-refractivity contribution < 1.29 is 27.8 Å². The van der Waals surface area contributed by atoms with Gasteiger partial charge >= 0.3 is 17.2 Å². The van der Waals surface area contributed by atoms with Gasteiger partial charge in [0.15, 0.2) is 11.3 Å². The average Bonchev–Trinajstić information content (AvgIpc) is 2.87. The standard InChI is InChI=1S/C27H18O8/c1-31-21-8-4-3-7-18(21)26(29)33-16-10-11-17-19(14-24(28)34-23(17)13-16)20-12-15-6-5-9-22(32-2)25(15)35-27(20)30/h3-14H,1-2H3. The van der Waals surface area contributed by atoms with Gasteiger partial charge in [0.05, 0.1) is 19.8 Å². The summed E-state index contributed by atoms with van der Waals surface area (Å²) in [7, 11) is 2.94. The molecule has 2 heterocycles. The third-order valence-electron chi connectivity index (χ3n) is 5.49. The first-order valence-corrected chi connectivity index (χ1v) is 10.5. The molecular formula is C27H18O8. The molecule has 5 aromatic rings. The Morgan fingerprint density at radius 2 is 1.54 bits per heavy atom. The van der Waals surface area contributed by atoms with E-state index in [2.05, 4.69) is 0 Å². The highest BCUT2D eigenvalue weighted by molar-refractivity contribution is 5.97. The highest BCUT2D eigenvalue weighted by Crippen LogP contribution is 2.32. The van der Waals surface area contributed by atoms with Crippen LogP contribution >= 0.6 is 0 Å². The van der Waals surface area contributed by atoms with Gasteiger partial charge in [-0.1, -0.05) is 24.3 Å². The fourth-order valence-corrected chi connectivity index (χ4v) is 3.87. The first-order valence-electron chi connectivity index (χ1n) is 10.5. The number of fused-ring (bicyclic) bond motifs is 2. The van der Waals surface area contributed by atoms with Crippen molar-refractivity contribution in [1.82, 2.24) is 0 Å². The quantitative estimate of drug-likeness (QED) is 0.205. The molecule has 8 nitrogen and oxygen atoms in total. The van der Waals surface area contributed by atoms with Gasteiger partial charge in [-0.05, 0) is 36.4 Å². The largest absolute Gasteiger partial charge is 0.496 e. The Bertz CT molecular complexity index is 1710. The molecule has 2 aromatic heterocycles. The van der Waals surface area contributed by atoms with Gasteiger partial charge in [0.1, 0.15) is 22.6 Å². The second kappa shape index (κ2) is 8.83. The van der Waals surface area contributed by atoms with Crippen LogP contribution in [0.3, 0.4) is 0 Å². The molecule has 0 saturated carbocycles. The molecule has 174 valence electrons. The molecule has 0 atom stereocenters. The Morgan fingerprint density at radius 1 is 0.771 bits per heavy atom. The van der Waals surface area contributed by atoms with Crippen LogP contribution in [0.15, 0.2) is 91.2 Å². The van der Waals surface area contributed by atoms with Gasteiger partial charge in [-0.3, -0.25) is 0 Å². The van der Waals surface area contributed by atoms with Crippen molar-refractivity contribution in [3.63, 3.8) is 0 Å². The van der Waals surface area contributed by atoms with Crippen LogP contribution in [0.25, 0.3) is 33.1 Å². The van der Waals surface area contributed by atoms with E-state index in [-0.39, 0.29) is 22.5 Å². The van der Waals surface area contributed by atoms with E-state index < -0.39 is 17.2 Å². The molecule has 0 bridgehead atoms. The predicted molar refractivity (Wildman–Crippen MR) is 128 cm³/mol. The van der Waals surface area contributed by atoms with Crippen LogP contribution in [0.4, 0.5) is 0 Å². The van der Waals surface area contributed by atoms with Crippen molar-refractivity contribution in [3.05, 3.63) is 99.2 Å². The fourth-order valence-electron chi connectivity index (χ4n) is 3.87. The second-order valence-electron chi connectivity index (χ2n) is 7.55. The van der Waals surface area contributed by atoms with Gasteiger partial charge in [0.25, 0.3) is 0 Å². The summed E-state index contributed by atoms with van der Waals surface area (Å²) in [6.07, 6.45) is 0. The third kappa shape index (κ3) is 4.02. The van der Waals surface area contributed by atoms with Crippen LogP contribution < -0.4 is 25.5 Å². The molecule has 5 rings (SSSR count). The summed E-state index contributed by atoms with van der Waals surface area (Å²) in [4.78, 5) is 37.8. The number of rotatable bonds is 5. The normalized spacial score (nSPS) is 10.9. The Hall–Kier alpha value is -4.85. The number of benzene rings is 3. The first-order chi connectivity index (χ1) is 17.0. The number of hydrogen-bond donors (Lipinski definition) is 0. The lowest BCUT2D eigenvalue weighted by Gasteiger charge is -2.10. The van der Waals surface area contributed by atoms with E-state index in [0.29, 0.717) is 33.4 Å². The molecule has 0 amide bonds. The van der Waals surface area contributed by atoms with E-state index in [1.165, 1.54) is 26.4 Å². The summed E-state index contributed by atoms with van der Waals surface area (Å²) < 4.78 is 26.8. The molecule has 0 spiro atoms. The molecule has 0 aliphatic rings. The molecule has 0 N–H and O–H groups in total. The molecule has 3 aromatic carbocycles.